The van der Waals surface area contributed by atoms with Crippen molar-refractivity contribution in [2.75, 3.05) is 13.7 Å². The van der Waals surface area contributed by atoms with Crippen molar-refractivity contribution in [3.63, 3.8) is 0 Å². The van der Waals surface area contributed by atoms with Crippen molar-refractivity contribution in [2.24, 2.45) is 0 Å². The van der Waals surface area contributed by atoms with E-state index in [1.165, 1.54) is 0 Å². The number of amides is 1. The number of carbonyl (C=O) groups is 1. The number of nitrogens with one attached hydrogen (secondary N) is 2. The van der Waals surface area contributed by atoms with Crippen LogP contribution in [0, 0.1) is 0 Å². The normalized spacial score (nSPS) is 22.2. The van der Waals surface area contributed by atoms with Gasteiger partial charge in [0.05, 0.1) is 13.0 Å². The molecular formula is C16H24N2O2. The third-order valence-electron chi connectivity index (χ3n) is 3.84. The van der Waals surface area contributed by atoms with Gasteiger partial charge < -0.3 is 15.4 Å². The van der Waals surface area contributed by atoms with Gasteiger partial charge in [0.25, 0.3) is 0 Å². The molecule has 2 N–H and O–H groups in total. The molecule has 0 heterocycles. The van der Waals surface area contributed by atoms with E-state index < -0.39 is 0 Å². The molecule has 1 aromatic carbocycles. The summed E-state index contributed by atoms with van der Waals surface area (Å²) in [4.78, 5) is 11.8. The van der Waals surface area contributed by atoms with Gasteiger partial charge in [-0.2, -0.15) is 0 Å². The predicted molar refractivity (Wildman–Crippen MR) is 79.8 cm³/mol. The summed E-state index contributed by atoms with van der Waals surface area (Å²) in [5, 5.41) is 6.40. The highest BCUT2D eigenvalue weighted by molar-refractivity contribution is 5.76. The number of hydrogen-bond acceptors (Lipinski definition) is 3. The lowest BCUT2D eigenvalue weighted by atomic mass is 9.91. The van der Waals surface area contributed by atoms with Crippen LogP contribution in [0.5, 0.6) is 5.75 Å². The molecule has 4 nitrogen and oxygen atoms in total. The molecule has 0 radical (unpaired) electrons. The van der Waals surface area contributed by atoms with Gasteiger partial charge in [-0.3, -0.25) is 4.79 Å². The van der Waals surface area contributed by atoms with E-state index in [2.05, 4.69) is 10.6 Å². The van der Waals surface area contributed by atoms with E-state index >= 15 is 0 Å². The number of rotatable bonds is 6. The molecule has 4 heteroatoms. The summed E-state index contributed by atoms with van der Waals surface area (Å²) < 4.78 is 5.53. The van der Waals surface area contributed by atoms with Gasteiger partial charge in [0.15, 0.2) is 0 Å². The lowest BCUT2D eigenvalue weighted by molar-refractivity contribution is -0.122. The Morgan fingerprint density at radius 1 is 1.15 bits per heavy atom. The first-order valence-corrected chi connectivity index (χ1v) is 7.42. The number of para-hydroxylation sites is 1. The average Bonchev–Trinajstić information content (AvgIpc) is 2.49. The van der Waals surface area contributed by atoms with Crippen molar-refractivity contribution in [2.45, 2.75) is 44.2 Å². The smallest absolute Gasteiger partial charge is 0.223 e. The maximum atomic E-state index is 11.8. The molecule has 1 saturated carbocycles. The standard InChI is InChI=1S/C16H24N2O2/c1-17-13-7-9-14(10-8-13)18-16(19)11-12-20-15-5-3-2-4-6-15/h2-6,13-14,17H,7-12H2,1H3,(H,18,19). The molecule has 1 fully saturated rings. The third-order valence-corrected chi connectivity index (χ3v) is 3.84. The summed E-state index contributed by atoms with van der Waals surface area (Å²) in [6, 6.07) is 10.5. The first-order valence-electron chi connectivity index (χ1n) is 7.42. The van der Waals surface area contributed by atoms with E-state index in [9.17, 15) is 4.79 Å². The topological polar surface area (TPSA) is 50.4 Å². The van der Waals surface area contributed by atoms with Crippen molar-refractivity contribution in [3.8, 4) is 5.75 Å². The zero-order valence-corrected chi connectivity index (χ0v) is 12.1. The zero-order valence-electron chi connectivity index (χ0n) is 12.1. The fourth-order valence-electron chi connectivity index (χ4n) is 2.60. The van der Waals surface area contributed by atoms with Crippen LogP contribution in [0.25, 0.3) is 0 Å². The molecule has 20 heavy (non-hydrogen) atoms. The quantitative estimate of drug-likeness (QED) is 0.836. The first kappa shape index (κ1) is 14.9. The van der Waals surface area contributed by atoms with E-state index in [0.29, 0.717) is 25.1 Å². The minimum atomic E-state index is 0.0915. The van der Waals surface area contributed by atoms with Crippen LogP contribution in [0.3, 0.4) is 0 Å². The van der Waals surface area contributed by atoms with Gasteiger partial charge in [-0.1, -0.05) is 18.2 Å². The maximum Gasteiger partial charge on any atom is 0.223 e. The summed E-state index contributed by atoms with van der Waals surface area (Å²) >= 11 is 0. The van der Waals surface area contributed by atoms with E-state index in [1.54, 1.807) is 0 Å². The predicted octanol–water partition coefficient (Wildman–Crippen LogP) is 2.10. The number of carbonyl (C=O) groups excluding carboxylic acids is 1. The summed E-state index contributed by atoms with van der Waals surface area (Å²) in [5.74, 6) is 0.906. The largest absolute Gasteiger partial charge is 0.493 e. The van der Waals surface area contributed by atoms with Crippen molar-refractivity contribution >= 4 is 5.91 Å². The third kappa shape index (κ3) is 4.85. The van der Waals surface area contributed by atoms with E-state index in [-0.39, 0.29) is 5.91 Å². The molecular weight excluding hydrogens is 252 g/mol. The number of benzene rings is 1. The van der Waals surface area contributed by atoms with Gasteiger partial charge in [-0.15, -0.1) is 0 Å². The van der Waals surface area contributed by atoms with Crippen LogP contribution in [0.1, 0.15) is 32.1 Å². The molecule has 0 bridgehead atoms. The number of hydrogen-bond donors (Lipinski definition) is 2. The van der Waals surface area contributed by atoms with Gasteiger partial charge in [0.2, 0.25) is 5.91 Å². The van der Waals surface area contributed by atoms with Crippen LogP contribution in [0.4, 0.5) is 0 Å². The number of ether oxygens (including phenoxy) is 1. The molecule has 0 saturated heterocycles. The fraction of sp³-hybridized carbons (Fsp3) is 0.562. The van der Waals surface area contributed by atoms with E-state index in [4.69, 9.17) is 4.74 Å². The molecule has 1 aromatic rings. The van der Waals surface area contributed by atoms with Gasteiger partial charge in [0.1, 0.15) is 5.75 Å². The second-order valence-corrected chi connectivity index (χ2v) is 5.32. The molecule has 0 spiro atoms. The zero-order chi connectivity index (χ0) is 14.2. The Kier molecular flexibility index (Phi) is 5.87. The second kappa shape index (κ2) is 7.90. The highest BCUT2D eigenvalue weighted by Crippen LogP contribution is 2.18. The lowest BCUT2D eigenvalue weighted by Crippen LogP contribution is -2.41. The highest BCUT2D eigenvalue weighted by atomic mass is 16.5. The Balaban J connectivity index is 1.61. The van der Waals surface area contributed by atoms with E-state index in [0.717, 1.165) is 31.4 Å². The van der Waals surface area contributed by atoms with Crippen LogP contribution in [-0.4, -0.2) is 31.6 Å². The van der Waals surface area contributed by atoms with Crippen molar-refractivity contribution in [3.05, 3.63) is 30.3 Å². The molecule has 2 rings (SSSR count). The van der Waals surface area contributed by atoms with E-state index in [1.807, 2.05) is 37.4 Å². The van der Waals surface area contributed by atoms with Crippen molar-refractivity contribution in [1.29, 1.82) is 0 Å². The Hall–Kier alpha value is -1.55. The molecule has 0 aromatic heterocycles. The van der Waals surface area contributed by atoms with Crippen LogP contribution in [0.2, 0.25) is 0 Å². The van der Waals surface area contributed by atoms with Gasteiger partial charge >= 0.3 is 0 Å². The molecule has 1 aliphatic rings. The van der Waals surface area contributed by atoms with Gasteiger partial charge in [0, 0.05) is 12.1 Å². The minimum Gasteiger partial charge on any atom is -0.493 e. The van der Waals surface area contributed by atoms with Gasteiger partial charge in [-0.05, 0) is 44.9 Å². The SMILES string of the molecule is CNC1CCC(NC(=O)CCOc2ccccc2)CC1. The first-order chi connectivity index (χ1) is 9.78. The molecule has 0 atom stereocenters. The average molecular weight is 276 g/mol. The Morgan fingerprint density at radius 2 is 1.80 bits per heavy atom. The van der Waals surface area contributed by atoms with Gasteiger partial charge in [-0.25, -0.2) is 0 Å². The highest BCUT2D eigenvalue weighted by Gasteiger charge is 2.20. The monoisotopic (exact) mass is 276 g/mol. The molecule has 110 valence electrons. The Labute approximate surface area is 120 Å². The maximum absolute atomic E-state index is 11.8. The summed E-state index contributed by atoms with van der Waals surface area (Å²) in [5.41, 5.74) is 0. The minimum absolute atomic E-state index is 0.0915. The van der Waals surface area contributed by atoms with Crippen LogP contribution >= 0.6 is 0 Å². The molecule has 0 unspecified atom stereocenters. The Bertz CT molecular complexity index is 400. The van der Waals surface area contributed by atoms with Crippen LogP contribution in [0.15, 0.2) is 30.3 Å². The molecule has 0 aliphatic heterocycles. The lowest BCUT2D eigenvalue weighted by Gasteiger charge is -2.28. The summed E-state index contributed by atoms with van der Waals surface area (Å²) in [7, 11) is 2.00. The van der Waals surface area contributed by atoms with Crippen molar-refractivity contribution in [1.82, 2.24) is 10.6 Å². The second-order valence-electron chi connectivity index (χ2n) is 5.32. The summed E-state index contributed by atoms with van der Waals surface area (Å²) in [6.45, 7) is 0.432. The fourth-order valence-corrected chi connectivity index (χ4v) is 2.60. The Morgan fingerprint density at radius 3 is 2.45 bits per heavy atom. The molecule has 1 aliphatic carbocycles. The van der Waals surface area contributed by atoms with Crippen LogP contribution < -0.4 is 15.4 Å². The van der Waals surface area contributed by atoms with Crippen LogP contribution in [-0.2, 0) is 4.79 Å². The van der Waals surface area contributed by atoms with Crippen molar-refractivity contribution < 1.29 is 9.53 Å². The summed E-state index contributed by atoms with van der Waals surface area (Å²) in [6.07, 6.45) is 4.83. The molecule has 1 amide bonds.